The lowest BCUT2D eigenvalue weighted by Crippen LogP contribution is -2.48. The molecule has 0 aliphatic carbocycles. The van der Waals surface area contributed by atoms with Crippen molar-refractivity contribution in [2.24, 2.45) is 0 Å². The third-order valence-electron chi connectivity index (χ3n) is 8.76. The van der Waals surface area contributed by atoms with Gasteiger partial charge in [0, 0.05) is 29.3 Å². The number of hydrogen-bond acceptors (Lipinski definition) is 5. The number of methoxy groups -OCH3 is 1. The molecule has 1 amide bonds. The van der Waals surface area contributed by atoms with Gasteiger partial charge in [-0.2, -0.15) is 0 Å². The first kappa shape index (κ1) is 33.8. The van der Waals surface area contributed by atoms with Crippen LogP contribution in [0.4, 0.5) is 0 Å². The monoisotopic (exact) mass is 668 g/mol. The van der Waals surface area contributed by atoms with Crippen LogP contribution in [0.5, 0.6) is 0 Å². The summed E-state index contributed by atoms with van der Waals surface area (Å²) in [4.78, 5) is 30.7. The molecule has 6 aromatic rings. The van der Waals surface area contributed by atoms with Crippen molar-refractivity contribution in [3.63, 3.8) is 0 Å². The van der Waals surface area contributed by atoms with Crippen LogP contribution < -0.4 is 5.32 Å². The smallest absolute Gasteiger partial charge is 0.328 e. The molecule has 7 heteroatoms. The molecule has 0 saturated carbocycles. The number of carbonyl (C=O) groups excluding carboxylic acids is 2. The molecule has 49 heavy (non-hydrogen) atoms. The Kier molecular flexibility index (Phi) is 10.9. The number of benzene rings is 5. The Hall–Kier alpha value is -5.11. The minimum Gasteiger partial charge on any atom is -0.467 e. The fraction of sp³-hybridized carbons (Fsp3) is 0.190. The average Bonchev–Trinajstić information content (AvgIpc) is 3.57. The van der Waals surface area contributed by atoms with Crippen molar-refractivity contribution >= 4 is 34.5 Å². The van der Waals surface area contributed by atoms with Gasteiger partial charge in [-0.05, 0) is 40.8 Å². The van der Waals surface area contributed by atoms with Crippen molar-refractivity contribution in [2.45, 2.75) is 36.8 Å². The van der Waals surface area contributed by atoms with Crippen LogP contribution in [-0.4, -0.2) is 41.9 Å². The van der Waals surface area contributed by atoms with Crippen LogP contribution in [0, 0.1) is 6.92 Å². The minimum absolute atomic E-state index is 0.235. The van der Waals surface area contributed by atoms with E-state index in [2.05, 4.69) is 46.7 Å². The van der Waals surface area contributed by atoms with Crippen LogP contribution in [0.1, 0.15) is 33.4 Å². The zero-order valence-corrected chi connectivity index (χ0v) is 28.5. The maximum atomic E-state index is 14.3. The van der Waals surface area contributed by atoms with E-state index in [-0.39, 0.29) is 18.9 Å². The van der Waals surface area contributed by atoms with Crippen LogP contribution in [0.25, 0.3) is 10.9 Å². The number of carbonyl (C=O) groups is 2. The Morgan fingerprint density at radius 1 is 0.755 bits per heavy atom. The van der Waals surface area contributed by atoms with Crippen molar-refractivity contribution < 1.29 is 19.1 Å². The van der Waals surface area contributed by atoms with Crippen molar-refractivity contribution in [2.75, 3.05) is 12.9 Å². The molecule has 0 aliphatic rings. The van der Waals surface area contributed by atoms with E-state index in [1.807, 2.05) is 116 Å². The van der Waals surface area contributed by atoms with E-state index in [9.17, 15) is 9.59 Å². The van der Waals surface area contributed by atoms with Gasteiger partial charge in [-0.3, -0.25) is 4.79 Å². The molecule has 6 nitrogen and oxygen atoms in total. The van der Waals surface area contributed by atoms with E-state index in [1.165, 1.54) is 7.11 Å². The van der Waals surface area contributed by atoms with Gasteiger partial charge in [0.15, 0.2) is 0 Å². The van der Waals surface area contributed by atoms with Gasteiger partial charge in [-0.1, -0.05) is 139 Å². The number of esters is 1. The highest BCUT2D eigenvalue weighted by Gasteiger charge is 2.39. The van der Waals surface area contributed by atoms with Gasteiger partial charge in [-0.25, -0.2) is 4.79 Å². The van der Waals surface area contributed by atoms with Crippen molar-refractivity contribution in [1.29, 1.82) is 0 Å². The highest BCUT2D eigenvalue weighted by molar-refractivity contribution is 8.00. The van der Waals surface area contributed by atoms with Crippen LogP contribution in [0.3, 0.4) is 0 Å². The second-order valence-electron chi connectivity index (χ2n) is 12.0. The molecule has 0 fully saturated rings. The number of aryl methyl sites for hydroxylation is 1. The number of ether oxygens (including phenoxy) is 2. The number of aromatic amines is 1. The van der Waals surface area contributed by atoms with E-state index in [4.69, 9.17) is 9.47 Å². The Labute approximate surface area is 291 Å². The highest BCUT2D eigenvalue weighted by atomic mass is 32.2. The molecule has 2 N–H and O–H groups in total. The normalized spacial score (nSPS) is 12.7. The first-order chi connectivity index (χ1) is 24.0. The number of hydrogen-bond donors (Lipinski definition) is 2. The second kappa shape index (κ2) is 15.9. The summed E-state index contributed by atoms with van der Waals surface area (Å²) < 4.78 is 11.0. The Bertz CT molecular complexity index is 1860. The first-order valence-corrected chi connectivity index (χ1v) is 17.4. The molecule has 1 heterocycles. The number of nitrogens with one attached hydrogen (secondary N) is 2. The maximum absolute atomic E-state index is 14.3. The number of H-pyrrole nitrogens is 1. The Morgan fingerprint density at radius 3 is 1.88 bits per heavy atom. The number of rotatable bonds is 14. The van der Waals surface area contributed by atoms with Crippen molar-refractivity contribution in [3.05, 3.63) is 179 Å². The third kappa shape index (κ3) is 7.80. The van der Waals surface area contributed by atoms with E-state index >= 15 is 0 Å². The van der Waals surface area contributed by atoms with Gasteiger partial charge in [0.1, 0.15) is 12.1 Å². The third-order valence-corrected chi connectivity index (χ3v) is 10.4. The second-order valence-corrected chi connectivity index (χ2v) is 13.3. The summed E-state index contributed by atoms with van der Waals surface area (Å²) in [6.07, 6.45) is 1.25. The van der Waals surface area contributed by atoms with E-state index in [0.29, 0.717) is 5.75 Å². The standard InChI is InChI=1S/C42H40N2O4S/c1-30-22-24-31(25-23-30)28-48-39(40(45)44-38(41(46)47-2)26-32-27-43-37-21-13-12-20-36(32)37)29-49-42(33-14-6-3-7-15-33,34-16-8-4-9-17-34)35-18-10-5-11-19-35/h3-25,27,38-39,43H,26,28-29H2,1-2H3,(H,44,45)/t38-,39-/m0/s1. The van der Waals surface area contributed by atoms with Crippen LogP contribution in [0.2, 0.25) is 0 Å². The predicted octanol–water partition coefficient (Wildman–Crippen LogP) is 7.99. The molecular weight excluding hydrogens is 629 g/mol. The predicted molar refractivity (Wildman–Crippen MR) is 197 cm³/mol. The number of fused-ring (bicyclic) bond motifs is 1. The topological polar surface area (TPSA) is 80.4 Å². The number of amides is 1. The molecule has 0 spiro atoms. The van der Waals surface area contributed by atoms with E-state index < -0.39 is 22.9 Å². The van der Waals surface area contributed by atoms with Gasteiger partial charge in [0.25, 0.3) is 5.91 Å². The van der Waals surface area contributed by atoms with Gasteiger partial charge >= 0.3 is 5.97 Å². The lowest BCUT2D eigenvalue weighted by molar-refractivity contribution is -0.146. The van der Waals surface area contributed by atoms with Crippen LogP contribution in [-0.2, 0) is 36.8 Å². The lowest BCUT2D eigenvalue weighted by Gasteiger charge is -2.36. The van der Waals surface area contributed by atoms with Crippen LogP contribution in [0.15, 0.2) is 146 Å². The summed E-state index contributed by atoms with van der Waals surface area (Å²) in [5.74, 6) is -0.592. The average molecular weight is 669 g/mol. The maximum Gasteiger partial charge on any atom is 0.328 e. The van der Waals surface area contributed by atoms with Crippen molar-refractivity contribution in [3.8, 4) is 0 Å². The molecule has 0 bridgehead atoms. The van der Waals surface area contributed by atoms with Gasteiger partial charge in [0.05, 0.1) is 18.5 Å². The molecule has 5 aromatic carbocycles. The quantitative estimate of drug-likeness (QED) is 0.0909. The largest absolute Gasteiger partial charge is 0.467 e. The molecule has 0 aliphatic heterocycles. The van der Waals surface area contributed by atoms with Crippen molar-refractivity contribution in [1.82, 2.24) is 10.3 Å². The zero-order chi connectivity index (χ0) is 34.1. The van der Waals surface area contributed by atoms with E-state index in [0.717, 1.165) is 44.3 Å². The van der Waals surface area contributed by atoms with Gasteiger partial charge in [-0.15, -0.1) is 11.8 Å². The highest BCUT2D eigenvalue weighted by Crippen LogP contribution is 2.48. The summed E-state index contributed by atoms with van der Waals surface area (Å²) in [6, 6.07) is 46.1. The molecule has 0 radical (unpaired) electrons. The lowest BCUT2D eigenvalue weighted by atomic mass is 9.84. The summed E-state index contributed by atoms with van der Waals surface area (Å²) in [7, 11) is 1.34. The minimum atomic E-state index is -0.908. The Morgan fingerprint density at radius 2 is 1.31 bits per heavy atom. The van der Waals surface area contributed by atoms with E-state index in [1.54, 1.807) is 11.8 Å². The van der Waals surface area contributed by atoms with Gasteiger partial charge < -0.3 is 19.8 Å². The Balaban J connectivity index is 1.34. The fourth-order valence-corrected chi connectivity index (χ4v) is 7.73. The molecular formula is C42H40N2O4S. The number of para-hydroxylation sites is 1. The first-order valence-electron chi connectivity index (χ1n) is 16.4. The summed E-state index contributed by atoms with van der Waals surface area (Å²) in [5.41, 5.74) is 7.23. The molecule has 1 aromatic heterocycles. The summed E-state index contributed by atoms with van der Waals surface area (Å²) >= 11 is 1.64. The summed E-state index contributed by atoms with van der Waals surface area (Å²) in [6.45, 7) is 2.27. The molecule has 0 unspecified atom stereocenters. The SMILES string of the molecule is COC(=O)[C@H](Cc1c[nH]c2ccccc12)NC(=O)[C@H](CSC(c1ccccc1)(c1ccccc1)c1ccccc1)OCc1ccc(C)cc1. The number of aromatic nitrogens is 1. The van der Waals surface area contributed by atoms with Crippen LogP contribution >= 0.6 is 11.8 Å². The molecule has 248 valence electrons. The zero-order valence-electron chi connectivity index (χ0n) is 27.7. The number of thioether (sulfide) groups is 1. The summed E-state index contributed by atoms with van der Waals surface area (Å²) in [5, 5.41) is 4.00. The molecule has 6 rings (SSSR count). The fourth-order valence-electron chi connectivity index (χ4n) is 6.17. The molecule has 0 saturated heterocycles. The molecule has 2 atom stereocenters. The van der Waals surface area contributed by atoms with Gasteiger partial charge in [0.2, 0.25) is 0 Å².